The van der Waals surface area contributed by atoms with Crippen LogP contribution in [0.4, 0.5) is 11.6 Å². The smallest absolute Gasteiger partial charge is 0.137 e. The fourth-order valence-corrected chi connectivity index (χ4v) is 2.35. The first-order valence-corrected chi connectivity index (χ1v) is 6.81. The van der Waals surface area contributed by atoms with Crippen LogP contribution in [0.3, 0.4) is 0 Å². The van der Waals surface area contributed by atoms with Crippen molar-refractivity contribution in [1.82, 2.24) is 9.97 Å². The largest absolute Gasteiger partial charge is 0.373 e. The van der Waals surface area contributed by atoms with E-state index in [2.05, 4.69) is 65.3 Å². The fourth-order valence-electron chi connectivity index (χ4n) is 2.35. The first-order chi connectivity index (χ1) is 9.52. The molecule has 1 aromatic heterocycles. The zero-order valence-corrected chi connectivity index (χ0v) is 12.9. The lowest BCUT2D eigenvalue weighted by Crippen LogP contribution is -2.21. The second-order valence-corrected chi connectivity index (χ2v) is 5.10. The highest BCUT2D eigenvalue weighted by Crippen LogP contribution is 2.24. The van der Waals surface area contributed by atoms with Crippen LogP contribution in [0.2, 0.25) is 0 Å². The summed E-state index contributed by atoms with van der Waals surface area (Å²) < 4.78 is 0. The Morgan fingerprint density at radius 3 is 2.45 bits per heavy atom. The Morgan fingerprint density at radius 2 is 1.80 bits per heavy atom. The van der Waals surface area contributed by atoms with Gasteiger partial charge in [-0.25, -0.2) is 9.97 Å². The molecule has 0 atom stereocenters. The van der Waals surface area contributed by atoms with Crippen LogP contribution in [0.1, 0.15) is 22.5 Å². The standard InChI is InChI=1S/C16H22N4/c1-11-8-6-7-9-14(11)10-20(5)16-12(2)15(17-4)18-13(3)19-16/h6-9H,10H2,1-5H3,(H,17,18,19). The minimum atomic E-state index is 0.784. The average Bonchev–Trinajstić information content (AvgIpc) is 2.43. The normalized spacial score (nSPS) is 10.4. The monoisotopic (exact) mass is 270 g/mol. The van der Waals surface area contributed by atoms with E-state index in [0.29, 0.717) is 0 Å². The SMILES string of the molecule is CNc1nc(C)nc(N(C)Cc2ccccc2C)c1C. The highest BCUT2D eigenvalue weighted by atomic mass is 15.2. The maximum atomic E-state index is 4.58. The number of anilines is 2. The van der Waals surface area contributed by atoms with Crippen molar-refractivity contribution < 1.29 is 0 Å². The summed E-state index contributed by atoms with van der Waals surface area (Å²) in [6.45, 7) is 6.95. The Kier molecular flexibility index (Phi) is 4.23. The quantitative estimate of drug-likeness (QED) is 0.927. The molecule has 0 aliphatic rings. The lowest BCUT2D eigenvalue weighted by atomic mass is 10.1. The van der Waals surface area contributed by atoms with E-state index >= 15 is 0 Å². The molecule has 0 amide bonds. The molecule has 1 N–H and O–H groups in total. The van der Waals surface area contributed by atoms with E-state index in [-0.39, 0.29) is 0 Å². The Bertz CT molecular complexity index is 607. The zero-order chi connectivity index (χ0) is 14.7. The van der Waals surface area contributed by atoms with E-state index in [1.54, 1.807) is 0 Å². The minimum absolute atomic E-state index is 0.784. The van der Waals surface area contributed by atoms with Crippen molar-refractivity contribution in [2.75, 3.05) is 24.3 Å². The third-order valence-electron chi connectivity index (χ3n) is 3.50. The van der Waals surface area contributed by atoms with Gasteiger partial charge in [-0.05, 0) is 31.9 Å². The molecule has 0 radical (unpaired) electrons. The Balaban J connectivity index is 2.32. The summed E-state index contributed by atoms with van der Waals surface area (Å²) in [5.41, 5.74) is 3.70. The summed E-state index contributed by atoms with van der Waals surface area (Å²) in [6.07, 6.45) is 0. The van der Waals surface area contributed by atoms with Crippen LogP contribution in [0.25, 0.3) is 0 Å². The second-order valence-electron chi connectivity index (χ2n) is 5.10. The molecule has 2 rings (SSSR count). The van der Waals surface area contributed by atoms with Gasteiger partial charge < -0.3 is 10.2 Å². The summed E-state index contributed by atoms with van der Waals surface area (Å²) in [6, 6.07) is 8.44. The highest BCUT2D eigenvalue weighted by Gasteiger charge is 2.13. The van der Waals surface area contributed by atoms with Gasteiger partial charge in [0.05, 0.1) is 0 Å². The fraction of sp³-hybridized carbons (Fsp3) is 0.375. The van der Waals surface area contributed by atoms with Crippen molar-refractivity contribution in [3.8, 4) is 0 Å². The van der Waals surface area contributed by atoms with E-state index in [4.69, 9.17) is 0 Å². The summed E-state index contributed by atoms with van der Waals surface area (Å²) in [7, 11) is 3.96. The topological polar surface area (TPSA) is 41.1 Å². The van der Waals surface area contributed by atoms with Crippen molar-refractivity contribution in [1.29, 1.82) is 0 Å². The first-order valence-electron chi connectivity index (χ1n) is 6.81. The van der Waals surface area contributed by atoms with E-state index in [0.717, 1.165) is 29.6 Å². The number of rotatable bonds is 4. The van der Waals surface area contributed by atoms with Gasteiger partial charge in [0.2, 0.25) is 0 Å². The summed E-state index contributed by atoms with van der Waals surface area (Å²) in [5, 5.41) is 3.13. The predicted octanol–water partition coefficient (Wildman–Crippen LogP) is 3.08. The highest BCUT2D eigenvalue weighted by molar-refractivity contribution is 5.58. The molecule has 0 spiro atoms. The van der Waals surface area contributed by atoms with Crippen LogP contribution < -0.4 is 10.2 Å². The third kappa shape index (κ3) is 2.90. The van der Waals surface area contributed by atoms with Gasteiger partial charge in [0.15, 0.2) is 0 Å². The molecule has 0 unspecified atom stereocenters. The second kappa shape index (κ2) is 5.90. The first kappa shape index (κ1) is 14.3. The van der Waals surface area contributed by atoms with Gasteiger partial charge in [-0.1, -0.05) is 24.3 Å². The van der Waals surface area contributed by atoms with E-state index in [1.807, 2.05) is 14.0 Å². The molecule has 4 nitrogen and oxygen atoms in total. The van der Waals surface area contributed by atoms with Gasteiger partial charge >= 0.3 is 0 Å². The van der Waals surface area contributed by atoms with Crippen molar-refractivity contribution in [3.63, 3.8) is 0 Å². The van der Waals surface area contributed by atoms with Crippen molar-refractivity contribution >= 4 is 11.6 Å². The minimum Gasteiger partial charge on any atom is -0.373 e. The molecule has 4 heteroatoms. The maximum Gasteiger partial charge on any atom is 0.137 e. The molecule has 2 aromatic rings. The number of hydrogen-bond acceptors (Lipinski definition) is 4. The van der Waals surface area contributed by atoms with Gasteiger partial charge in [-0.15, -0.1) is 0 Å². The molecule has 106 valence electrons. The van der Waals surface area contributed by atoms with Crippen LogP contribution in [0, 0.1) is 20.8 Å². The molecule has 1 aromatic carbocycles. The molecule has 0 fully saturated rings. The number of nitrogens with zero attached hydrogens (tertiary/aromatic N) is 3. The van der Waals surface area contributed by atoms with Crippen LogP contribution in [-0.2, 0) is 6.54 Å². The Hall–Kier alpha value is -2.10. The summed E-state index contributed by atoms with van der Waals surface area (Å²) in [4.78, 5) is 11.2. The number of aryl methyl sites for hydroxylation is 2. The van der Waals surface area contributed by atoms with Gasteiger partial charge in [0, 0.05) is 26.2 Å². The molecular formula is C16H22N4. The lowest BCUT2D eigenvalue weighted by molar-refractivity contribution is 0.865. The average molecular weight is 270 g/mol. The predicted molar refractivity (Wildman–Crippen MR) is 84.3 cm³/mol. The number of benzene rings is 1. The lowest BCUT2D eigenvalue weighted by Gasteiger charge is -2.22. The maximum absolute atomic E-state index is 4.58. The summed E-state index contributed by atoms with van der Waals surface area (Å²) >= 11 is 0. The summed E-state index contributed by atoms with van der Waals surface area (Å²) in [5.74, 6) is 2.65. The molecule has 0 aliphatic carbocycles. The van der Waals surface area contributed by atoms with Crippen LogP contribution in [0.5, 0.6) is 0 Å². The molecule has 0 bridgehead atoms. The third-order valence-corrected chi connectivity index (χ3v) is 3.50. The molecule has 0 saturated heterocycles. The van der Waals surface area contributed by atoms with E-state index in [1.165, 1.54) is 11.1 Å². The van der Waals surface area contributed by atoms with E-state index < -0.39 is 0 Å². The van der Waals surface area contributed by atoms with Crippen molar-refractivity contribution in [2.45, 2.75) is 27.3 Å². The molecule has 1 heterocycles. The van der Waals surface area contributed by atoms with Crippen LogP contribution in [-0.4, -0.2) is 24.1 Å². The van der Waals surface area contributed by atoms with Crippen LogP contribution >= 0.6 is 0 Å². The van der Waals surface area contributed by atoms with Crippen molar-refractivity contribution in [3.05, 3.63) is 46.8 Å². The molecule has 0 saturated carbocycles. The van der Waals surface area contributed by atoms with Crippen LogP contribution in [0.15, 0.2) is 24.3 Å². The zero-order valence-electron chi connectivity index (χ0n) is 12.9. The molecule has 20 heavy (non-hydrogen) atoms. The van der Waals surface area contributed by atoms with Gasteiger partial charge in [-0.3, -0.25) is 0 Å². The molecular weight excluding hydrogens is 248 g/mol. The van der Waals surface area contributed by atoms with Gasteiger partial charge in [0.1, 0.15) is 17.5 Å². The van der Waals surface area contributed by atoms with Crippen molar-refractivity contribution in [2.24, 2.45) is 0 Å². The number of nitrogens with one attached hydrogen (secondary N) is 1. The number of aromatic nitrogens is 2. The number of hydrogen-bond donors (Lipinski definition) is 1. The van der Waals surface area contributed by atoms with E-state index in [9.17, 15) is 0 Å². The van der Waals surface area contributed by atoms with Gasteiger partial charge in [0.25, 0.3) is 0 Å². The molecule has 0 aliphatic heterocycles. The Morgan fingerprint density at radius 1 is 1.10 bits per heavy atom. The Labute approximate surface area is 120 Å². The van der Waals surface area contributed by atoms with Gasteiger partial charge in [-0.2, -0.15) is 0 Å².